The average Bonchev–Trinajstić information content (AvgIpc) is 3.48. The molecule has 4 aromatic carbocycles. The van der Waals surface area contributed by atoms with Gasteiger partial charge in [-0.15, -0.1) is 0 Å². The Balaban J connectivity index is 1.31. The number of hydrogen-bond donors (Lipinski definition) is 3. The Labute approximate surface area is 484 Å². The van der Waals surface area contributed by atoms with Crippen LogP contribution in [0.15, 0.2) is 121 Å². The van der Waals surface area contributed by atoms with Gasteiger partial charge in [0.25, 0.3) is 0 Å². The minimum Gasteiger partial charge on any atom is -0.390 e. The molecule has 1 aliphatic heterocycles. The molecule has 5 rings (SSSR count). The number of unbranched alkanes of at least 4 members (excludes halogenated alkanes) is 24. The summed E-state index contributed by atoms with van der Waals surface area (Å²) in [6.07, 6.45) is 23.8. The Morgan fingerprint density at radius 3 is 1.24 bits per heavy atom. The van der Waals surface area contributed by atoms with Crippen molar-refractivity contribution in [2.75, 3.05) is 19.0 Å². The molecule has 1 aliphatic rings. The van der Waals surface area contributed by atoms with Crippen LogP contribution < -0.4 is 4.72 Å². The molecule has 1 saturated heterocycles. The van der Waals surface area contributed by atoms with Crippen molar-refractivity contribution < 1.29 is 47.1 Å². The predicted octanol–water partition coefficient (Wildman–Crippen LogP) is 15.3. The van der Waals surface area contributed by atoms with E-state index in [1.165, 1.54) is 116 Å². The van der Waals surface area contributed by atoms with Crippen LogP contribution in [-0.4, -0.2) is 86.6 Å². The van der Waals surface area contributed by atoms with E-state index in [0.29, 0.717) is 25.9 Å². The van der Waals surface area contributed by atoms with Crippen molar-refractivity contribution in [1.82, 2.24) is 4.72 Å². The van der Waals surface area contributed by atoms with E-state index in [1.54, 1.807) is 0 Å². The second kappa shape index (κ2) is 42.3. The van der Waals surface area contributed by atoms with Crippen molar-refractivity contribution in [3.8, 4) is 0 Å². The molecule has 1 fully saturated rings. The fourth-order valence-corrected chi connectivity index (χ4v) is 12.1. The highest BCUT2D eigenvalue weighted by atomic mass is 32.2. The van der Waals surface area contributed by atoms with E-state index >= 15 is 0 Å². The molecule has 80 heavy (non-hydrogen) atoms. The third-order valence-electron chi connectivity index (χ3n) is 15.5. The summed E-state index contributed by atoms with van der Waals surface area (Å²) in [5, 5.41) is 23.7. The SMILES string of the molecule is CCCCCCCCCCCCCCCCS(=O)(=O)N[C@@H](CO[C@H]1OC(COCc2ccccc2)[C@H](OCc2ccccc2)[C@@H](OCc2ccccc2)C1OCc1ccccc1)[C@H](O)[C@H](O)CCCCCCCCCCCCCC. The van der Waals surface area contributed by atoms with Crippen LogP contribution in [0.2, 0.25) is 0 Å². The summed E-state index contributed by atoms with van der Waals surface area (Å²) in [6, 6.07) is 38.5. The van der Waals surface area contributed by atoms with Gasteiger partial charge in [0.2, 0.25) is 10.0 Å². The molecule has 8 atom stereocenters. The second-order valence-corrected chi connectivity index (χ2v) is 24.4. The molecule has 0 aromatic heterocycles. The van der Waals surface area contributed by atoms with Gasteiger partial charge in [-0.05, 0) is 35.1 Å². The maximum atomic E-state index is 14.1. The third kappa shape index (κ3) is 28.6. The molecule has 3 N–H and O–H groups in total. The molecule has 12 heteroatoms. The largest absolute Gasteiger partial charge is 0.390 e. The molecule has 4 aromatic rings. The zero-order chi connectivity index (χ0) is 56.6. The first-order valence-corrected chi connectivity index (χ1v) is 33.1. The van der Waals surface area contributed by atoms with Gasteiger partial charge in [0, 0.05) is 0 Å². The zero-order valence-corrected chi connectivity index (χ0v) is 50.1. The summed E-state index contributed by atoms with van der Waals surface area (Å²) in [4.78, 5) is 0. The molecule has 0 aliphatic carbocycles. The number of aliphatic hydroxyl groups is 2. The van der Waals surface area contributed by atoms with Crippen LogP contribution in [0.1, 0.15) is 209 Å². The molecule has 0 radical (unpaired) electrons. The number of benzene rings is 4. The molecule has 0 bridgehead atoms. The molecular weight excluding hydrogens is 1020 g/mol. The van der Waals surface area contributed by atoms with E-state index in [9.17, 15) is 18.6 Å². The molecule has 448 valence electrons. The van der Waals surface area contributed by atoms with E-state index in [-0.39, 0.29) is 38.8 Å². The van der Waals surface area contributed by atoms with Gasteiger partial charge in [-0.1, -0.05) is 296 Å². The van der Waals surface area contributed by atoms with E-state index in [2.05, 4.69) is 18.6 Å². The molecule has 0 amide bonds. The standard InChI is InChI=1S/C68H105NO10S/c1-3-5-7-9-11-13-15-17-18-20-22-24-26-40-50-80(72,73)69-61(64(71)62(70)49-39-25-23-21-19-16-14-12-10-8-6-4-2)55-78-68-67(77-54-60-47-37-30-38-48-60)66(76-53-59-45-35-29-36-46-59)65(75-52-58-43-33-28-34-44-58)63(79-68)56-74-51-57-41-31-27-32-42-57/h27-38,41-48,61-71H,3-26,39-40,49-56H2,1-2H3/t61-,62+,63?,64-,65-,66+,67?,68-/m0/s1. The van der Waals surface area contributed by atoms with Gasteiger partial charge in [-0.25, -0.2) is 13.1 Å². The van der Waals surface area contributed by atoms with E-state index in [0.717, 1.165) is 60.8 Å². The van der Waals surface area contributed by atoms with Gasteiger partial charge >= 0.3 is 0 Å². The van der Waals surface area contributed by atoms with Crippen molar-refractivity contribution in [3.63, 3.8) is 0 Å². The number of rotatable bonds is 48. The second-order valence-electron chi connectivity index (χ2n) is 22.5. The van der Waals surface area contributed by atoms with Crippen LogP contribution >= 0.6 is 0 Å². The fourth-order valence-electron chi connectivity index (χ4n) is 10.7. The van der Waals surface area contributed by atoms with Crippen LogP contribution in [-0.2, 0) is 64.9 Å². The molecule has 11 nitrogen and oxygen atoms in total. The molecule has 2 unspecified atom stereocenters. The van der Waals surface area contributed by atoms with Gasteiger partial charge in [0.15, 0.2) is 6.29 Å². The van der Waals surface area contributed by atoms with Crippen molar-refractivity contribution >= 4 is 10.0 Å². The molecule has 1 heterocycles. The summed E-state index contributed by atoms with van der Waals surface area (Å²) in [7, 11) is -3.92. The van der Waals surface area contributed by atoms with Gasteiger partial charge < -0.3 is 38.6 Å². The van der Waals surface area contributed by atoms with E-state index in [1.807, 2.05) is 121 Å². The Morgan fingerprint density at radius 2 is 0.812 bits per heavy atom. The number of nitrogens with one attached hydrogen (secondary N) is 1. The molecule has 0 spiro atoms. The highest BCUT2D eigenvalue weighted by Gasteiger charge is 2.49. The van der Waals surface area contributed by atoms with Crippen molar-refractivity contribution in [3.05, 3.63) is 144 Å². The smallest absolute Gasteiger partial charge is 0.212 e. The first-order chi connectivity index (χ1) is 39.3. The number of ether oxygens (including phenoxy) is 6. The first-order valence-electron chi connectivity index (χ1n) is 31.5. The molecular formula is C68H105NO10S. The minimum atomic E-state index is -3.92. The highest BCUT2D eigenvalue weighted by Crippen LogP contribution is 2.32. The lowest BCUT2D eigenvalue weighted by atomic mass is 9.97. The van der Waals surface area contributed by atoms with E-state index < -0.39 is 59.0 Å². The van der Waals surface area contributed by atoms with Gasteiger partial charge in [-0.3, -0.25) is 0 Å². The summed E-state index contributed by atoms with van der Waals surface area (Å²) in [5.74, 6) is -0.0948. The first kappa shape index (κ1) is 67.3. The Kier molecular flexibility index (Phi) is 35.6. The normalized spacial score (nSPS) is 18.8. The fraction of sp³-hybridized carbons (Fsp3) is 0.647. The lowest BCUT2D eigenvalue weighted by molar-refractivity contribution is -0.329. The molecule has 0 saturated carbocycles. The number of sulfonamides is 1. The highest BCUT2D eigenvalue weighted by molar-refractivity contribution is 7.89. The average molecular weight is 1130 g/mol. The monoisotopic (exact) mass is 1130 g/mol. The van der Waals surface area contributed by atoms with Crippen LogP contribution in [0.3, 0.4) is 0 Å². The van der Waals surface area contributed by atoms with Crippen molar-refractivity contribution in [2.45, 2.75) is 263 Å². The van der Waals surface area contributed by atoms with Crippen LogP contribution in [0.25, 0.3) is 0 Å². The topological polar surface area (TPSA) is 142 Å². The zero-order valence-electron chi connectivity index (χ0n) is 49.3. The summed E-state index contributed by atoms with van der Waals surface area (Å²) >= 11 is 0. The number of hydrogen-bond acceptors (Lipinski definition) is 10. The lowest BCUT2D eigenvalue weighted by Gasteiger charge is -2.46. The quantitative estimate of drug-likeness (QED) is 0.0366. The third-order valence-corrected chi connectivity index (χ3v) is 17.0. The summed E-state index contributed by atoms with van der Waals surface area (Å²) in [5.41, 5.74) is 3.85. The Bertz CT molecular complexity index is 2170. The van der Waals surface area contributed by atoms with Crippen molar-refractivity contribution in [1.29, 1.82) is 0 Å². The maximum Gasteiger partial charge on any atom is 0.212 e. The van der Waals surface area contributed by atoms with Crippen molar-refractivity contribution in [2.24, 2.45) is 0 Å². The maximum absolute atomic E-state index is 14.1. The van der Waals surface area contributed by atoms with Crippen LogP contribution in [0, 0.1) is 0 Å². The Morgan fingerprint density at radius 1 is 0.450 bits per heavy atom. The van der Waals surface area contributed by atoms with Gasteiger partial charge in [-0.2, -0.15) is 0 Å². The van der Waals surface area contributed by atoms with Crippen LogP contribution in [0.4, 0.5) is 0 Å². The number of aliphatic hydroxyl groups excluding tert-OH is 2. The minimum absolute atomic E-state index is 0.0948. The lowest BCUT2D eigenvalue weighted by Crippen LogP contribution is -2.62. The predicted molar refractivity (Wildman–Crippen MR) is 324 cm³/mol. The Hall–Kier alpha value is -3.53. The summed E-state index contributed by atoms with van der Waals surface area (Å²) < 4.78 is 71.6. The van der Waals surface area contributed by atoms with E-state index in [4.69, 9.17) is 28.4 Å². The van der Waals surface area contributed by atoms with Gasteiger partial charge in [0.1, 0.15) is 24.4 Å². The van der Waals surface area contributed by atoms with Crippen LogP contribution in [0.5, 0.6) is 0 Å². The van der Waals surface area contributed by atoms with Gasteiger partial charge in [0.05, 0.1) is 63.6 Å². The summed E-state index contributed by atoms with van der Waals surface area (Å²) in [6.45, 7) is 5.32.